The summed E-state index contributed by atoms with van der Waals surface area (Å²) in [5.74, 6) is 1.55. The van der Waals surface area contributed by atoms with Crippen molar-refractivity contribution >= 4 is 17.5 Å². The molecule has 2 heterocycles. The molecule has 3 aromatic rings. The third kappa shape index (κ3) is 4.17. The Balaban J connectivity index is 1.31. The molecule has 1 aromatic heterocycles. The zero-order valence-corrected chi connectivity index (χ0v) is 14.8. The van der Waals surface area contributed by atoms with E-state index in [0.29, 0.717) is 23.7 Å². The van der Waals surface area contributed by atoms with Crippen molar-refractivity contribution in [1.29, 1.82) is 0 Å². The summed E-state index contributed by atoms with van der Waals surface area (Å²) in [6, 6.07) is 15.2. The van der Waals surface area contributed by atoms with E-state index in [0.717, 1.165) is 17.1 Å². The van der Waals surface area contributed by atoms with Gasteiger partial charge < -0.3 is 20.1 Å². The van der Waals surface area contributed by atoms with Crippen LogP contribution >= 0.6 is 0 Å². The molecule has 2 aromatic carbocycles. The Labute approximate surface area is 160 Å². The first-order valence-electron chi connectivity index (χ1n) is 8.67. The maximum absolute atomic E-state index is 13.6. The van der Waals surface area contributed by atoms with Crippen LogP contribution in [0.3, 0.4) is 0 Å². The number of nitrogens with one attached hydrogen (secondary N) is 2. The van der Waals surface area contributed by atoms with Crippen LogP contribution in [0.5, 0.6) is 11.5 Å². The average Bonchev–Trinajstić information content (AvgIpc) is 3.17. The standard InChI is InChI=1S/C20H17FN4O3/c21-15-4-2-1-3-14(15)10-20(26)23-19-8-7-18(24-25-19)22-11-13-5-6-16-17(9-13)28-12-27-16/h1-9H,10-12H2,(H,22,24)(H,23,25,26). The number of amides is 1. The van der Waals surface area contributed by atoms with E-state index < -0.39 is 5.82 Å². The fourth-order valence-corrected chi connectivity index (χ4v) is 2.74. The van der Waals surface area contributed by atoms with E-state index in [2.05, 4.69) is 20.8 Å². The number of nitrogens with zero attached hydrogens (tertiary/aromatic N) is 2. The Morgan fingerprint density at radius 3 is 2.61 bits per heavy atom. The average molecular weight is 380 g/mol. The van der Waals surface area contributed by atoms with Gasteiger partial charge in [0.2, 0.25) is 12.7 Å². The van der Waals surface area contributed by atoms with Gasteiger partial charge in [0.05, 0.1) is 6.42 Å². The minimum atomic E-state index is -0.410. The molecule has 2 N–H and O–H groups in total. The summed E-state index contributed by atoms with van der Waals surface area (Å²) in [6.45, 7) is 0.770. The Kier molecular flexibility index (Phi) is 5.01. The molecule has 1 aliphatic rings. The smallest absolute Gasteiger partial charge is 0.231 e. The molecule has 0 spiro atoms. The van der Waals surface area contributed by atoms with E-state index in [1.54, 1.807) is 30.3 Å². The van der Waals surface area contributed by atoms with Crippen LogP contribution in [0.2, 0.25) is 0 Å². The van der Waals surface area contributed by atoms with Gasteiger partial charge in [-0.3, -0.25) is 4.79 Å². The number of hydrogen-bond acceptors (Lipinski definition) is 6. The molecule has 0 radical (unpaired) electrons. The van der Waals surface area contributed by atoms with E-state index in [4.69, 9.17) is 9.47 Å². The highest BCUT2D eigenvalue weighted by Gasteiger charge is 2.13. The van der Waals surface area contributed by atoms with E-state index in [1.165, 1.54) is 6.07 Å². The van der Waals surface area contributed by atoms with Gasteiger partial charge in [-0.1, -0.05) is 24.3 Å². The van der Waals surface area contributed by atoms with Crippen LogP contribution in [0.25, 0.3) is 0 Å². The van der Waals surface area contributed by atoms with Gasteiger partial charge in [0.25, 0.3) is 0 Å². The van der Waals surface area contributed by atoms with E-state index in [9.17, 15) is 9.18 Å². The molecule has 4 rings (SSSR count). The van der Waals surface area contributed by atoms with Gasteiger partial charge in [-0.2, -0.15) is 0 Å². The third-order valence-electron chi connectivity index (χ3n) is 4.15. The summed E-state index contributed by atoms with van der Waals surface area (Å²) in [4.78, 5) is 12.0. The molecule has 0 unspecified atom stereocenters. The summed E-state index contributed by atoms with van der Waals surface area (Å²) in [7, 11) is 0. The molecule has 0 saturated heterocycles. The van der Waals surface area contributed by atoms with Crippen molar-refractivity contribution in [3.05, 3.63) is 71.5 Å². The van der Waals surface area contributed by atoms with Gasteiger partial charge in [-0.25, -0.2) is 4.39 Å². The molecular formula is C20H17FN4O3. The molecule has 1 aliphatic heterocycles. The number of halogens is 1. The number of rotatable bonds is 6. The number of carbonyl (C=O) groups is 1. The van der Waals surface area contributed by atoms with Crippen molar-refractivity contribution < 1.29 is 18.7 Å². The lowest BCUT2D eigenvalue weighted by atomic mass is 10.1. The lowest BCUT2D eigenvalue weighted by molar-refractivity contribution is -0.115. The van der Waals surface area contributed by atoms with Crippen molar-refractivity contribution in [2.24, 2.45) is 0 Å². The predicted molar refractivity (Wildman–Crippen MR) is 101 cm³/mol. The van der Waals surface area contributed by atoms with Crippen molar-refractivity contribution in [1.82, 2.24) is 10.2 Å². The molecule has 28 heavy (non-hydrogen) atoms. The van der Waals surface area contributed by atoms with Crippen LogP contribution in [0, 0.1) is 5.82 Å². The lowest BCUT2D eigenvalue weighted by Gasteiger charge is -2.08. The summed E-state index contributed by atoms with van der Waals surface area (Å²) >= 11 is 0. The van der Waals surface area contributed by atoms with Crippen molar-refractivity contribution in [3.63, 3.8) is 0 Å². The number of anilines is 2. The largest absolute Gasteiger partial charge is 0.454 e. The molecule has 1 amide bonds. The van der Waals surface area contributed by atoms with Gasteiger partial charge in [-0.05, 0) is 41.5 Å². The molecular weight excluding hydrogens is 363 g/mol. The maximum atomic E-state index is 13.6. The Bertz CT molecular complexity index is 995. The first-order valence-corrected chi connectivity index (χ1v) is 8.67. The quantitative estimate of drug-likeness (QED) is 0.683. The Morgan fingerprint density at radius 2 is 1.79 bits per heavy atom. The molecule has 0 fully saturated rings. The second-order valence-corrected chi connectivity index (χ2v) is 6.16. The van der Waals surface area contributed by atoms with Crippen molar-refractivity contribution in [2.75, 3.05) is 17.4 Å². The lowest BCUT2D eigenvalue weighted by Crippen LogP contribution is -2.16. The SMILES string of the molecule is O=C(Cc1ccccc1F)Nc1ccc(NCc2ccc3c(c2)OCO3)nn1. The summed E-state index contributed by atoms with van der Waals surface area (Å²) in [5, 5.41) is 13.8. The van der Waals surface area contributed by atoms with Gasteiger partial charge in [0.1, 0.15) is 11.6 Å². The third-order valence-corrected chi connectivity index (χ3v) is 4.15. The molecule has 0 bridgehead atoms. The zero-order valence-electron chi connectivity index (χ0n) is 14.8. The van der Waals surface area contributed by atoms with Crippen molar-refractivity contribution in [2.45, 2.75) is 13.0 Å². The van der Waals surface area contributed by atoms with Crippen LogP contribution in [-0.4, -0.2) is 22.9 Å². The van der Waals surface area contributed by atoms with E-state index >= 15 is 0 Å². The fraction of sp³-hybridized carbons (Fsp3) is 0.150. The van der Waals surface area contributed by atoms with Crippen LogP contribution < -0.4 is 20.1 Å². The number of benzene rings is 2. The van der Waals surface area contributed by atoms with E-state index in [-0.39, 0.29) is 19.1 Å². The van der Waals surface area contributed by atoms with Gasteiger partial charge in [0, 0.05) is 6.54 Å². The summed E-state index contributed by atoms with van der Waals surface area (Å²) < 4.78 is 24.2. The Morgan fingerprint density at radius 1 is 1.00 bits per heavy atom. The topological polar surface area (TPSA) is 85.4 Å². The van der Waals surface area contributed by atoms with Crippen LogP contribution in [0.4, 0.5) is 16.0 Å². The summed E-state index contributed by atoms with van der Waals surface area (Å²) in [5.41, 5.74) is 1.34. The first-order chi connectivity index (χ1) is 13.7. The van der Waals surface area contributed by atoms with Crippen LogP contribution in [-0.2, 0) is 17.8 Å². The van der Waals surface area contributed by atoms with E-state index in [1.807, 2.05) is 18.2 Å². The number of fused-ring (bicyclic) bond motifs is 1. The predicted octanol–water partition coefficient (Wildman–Crippen LogP) is 3.14. The second kappa shape index (κ2) is 7.91. The highest BCUT2D eigenvalue weighted by Crippen LogP contribution is 2.32. The van der Waals surface area contributed by atoms with Crippen LogP contribution in [0.1, 0.15) is 11.1 Å². The monoisotopic (exact) mass is 380 g/mol. The number of carbonyl (C=O) groups excluding carboxylic acids is 1. The van der Waals surface area contributed by atoms with Gasteiger partial charge in [-0.15, -0.1) is 10.2 Å². The van der Waals surface area contributed by atoms with Gasteiger partial charge in [0.15, 0.2) is 17.3 Å². The zero-order chi connectivity index (χ0) is 19.3. The molecule has 0 aliphatic carbocycles. The molecule has 0 saturated carbocycles. The number of ether oxygens (including phenoxy) is 2. The second-order valence-electron chi connectivity index (χ2n) is 6.16. The highest BCUT2D eigenvalue weighted by atomic mass is 19.1. The maximum Gasteiger partial charge on any atom is 0.231 e. The minimum absolute atomic E-state index is 0.0710. The number of hydrogen-bond donors (Lipinski definition) is 2. The normalized spacial score (nSPS) is 11.9. The van der Waals surface area contributed by atoms with Gasteiger partial charge >= 0.3 is 0 Å². The van der Waals surface area contributed by atoms with Crippen LogP contribution in [0.15, 0.2) is 54.6 Å². The molecule has 0 atom stereocenters. The molecule has 7 nitrogen and oxygen atoms in total. The van der Waals surface area contributed by atoms with Crippen molar-refractivity contribution in [3.8, 4) is 11.5 Å². The molecule has 142 valence electrons. The fourth-order valence-electron chi connectivity index (χ4n) is 2.74. The highest BCUT2D eigenvalue weighted by molar-refractivity contribution is 5.91. The Hall–Kier alpha value is -3.68. The first kappa shape index (κ1) is 17.7. The minimum Gasteiger partial charge on any atom is -0.454 e. The number of aromatic nitrogens is 2. The molecule has 8 heteroatoms. The summed E-state index contributed by atoms with van der Waals surface area (Å²) in [6.07, 6.45) is -0.0710.